The summed E-state index contributed by atoms with van der Waals surface area (Å²) in [6, 6.07) is -0.0442. The van der Waals surface area contributed by atoms with Gasteiger partial charge in [0.1, 0.15) is 5.69 Å². The van der Waals surface area contributed by atoms with Crippen molar-refractivity contribution in [3.8, 4) is 0 Å². The normalized spacial score (nSPS) is 29.0. The Labute approximate surface area is 124 Å². The summed E-state index contributed by atoms with van der Waals surface area (Å²) in [5.74, 6) is -3.72. The van der Waals surface area contributed by atoms with Crippen molar-refractivity contribution in [2.75, 3.05) is 23.4 Å². The van der Waals surface area contributed by atoms with Gasteiger partial charge in [-0.1, -0.05) is 0 Å². The molecule has 2 fully saturated rings. The molecule has 0 aliphatic carbocycles. The summed E-state index contributed by atoms with van der Waals surface area (Å²) in [6.07, 6.45) is 2.01. The van der Waals surface area contributed by atoms with Crippen molar-refractivity contribution in [2.45, 2.75) is 30.9 Å². The Balaban J connectivity index is 1.80. The summed E-state index contributed by atoms with van der Waals surface area (Å²) >= 11 is 1.78. The van der Waals surface area contributed by atoms with Crippen molar-refractivity contribution in [2.24, 2.45) is 0 Å². The predicted octanol–water partition coefficient (Wildman–Crippen LogP) is 3.71. The van der Waals surface area contributed by atoms with Gasteiger partial charge in [-0.2, -0.15) is 11.8 Å². The van der Waals surface area contributed by atoms with Crippen LogP contribution >= 0.6 is 11.8 Å². The van der Waals surface area contributed by atoms with Gasteiger partial charge in [-0.3, -0.25) is 0 Å². The Morgan fingerprint density at radius 3 is 2.52 bits per heavy atom. The van der Waals surface area contributed by atoms with E-state index < -0.39 is 29.0 Å². The molecule has 0 aromatic heterocycles. The molecule has 3 rings (SSSR count). The molecule has 0 radical (unpaired) electrons. The van der Waals surface area contributed by atoms with Gasteiger partial charge in [0.15, 0.2) is 23.3 Å². The predicted molar refractivity (Wildman–Crippen MR) is 73.5 cm³/mol. The lowest BCUT2D eigenvalue weighted by molar-refractivity contribution is -0.0628. The van der Waals surface area contributed by atoms with Gasteiger partial charge in [-0.15, -0.1) is 0 Å². The summed E-state index contributed by atoms with van der Waals surface area (Å²) in [5.41, 5.74) is -1.00. The van der Waals surface area contributed by atoms with Gasteiger partial charge in [-0.05, 0) is 25.0 Å². The molecule has 0 amide bonds. The lowest BCUT2D eigenvalue weighted by Gasteiger charge is -2.38. The number of rotatable bonds is 2. The highest BCUT2D eigenvalue weighted by atomic mass is 32.2. The third-order valence-corrected chi connectivity index (χ3v) is 5.24. The fraction of sp³-hybridized carbons (Fsp3) is 0.571. The molecule has 1 N–H and O–H groups in total. The van der Waals surface area contributed by atoms with Crippen molar-refractivity contribution < 1.29 is 22.3 Å². The Morgan fingerprint density at radius 1 is 1.19 bits per heavy atom. The van der Waals surface area contributed by atoms with Crippen LogP contribution in [0.15, 0.2) is 6.07 Å². The van der Waals surface area contributed by atoms with Gasteiger partial charge in [0.25, 0.3) is 0 Å². The number of hydrogen-bond acceptors (Lipinski definition) is 3. The second-order valence-electron chi connectivity index (χ2n) is 5.51. The van der Waals surface area contributed by atoms with Crippen molar-refractivity contribution >= 4 is 17.4 Å². The molecule has 2 heterocycles. The zero-order valence-corrected chi connectivity index (χ0v) is 12.0. The molecule has 116 valence electrons. The molecule has 2 nitrogen and oxygen atoms in total. The highest BCUT2D eigenvalue weighted by Gasteiger charge is 2.41. The lowest BCUT2D eigenvalue weighted by Crippen LogP contribution is -2.44. The van der Waals surface area contributed by atoms with E-state index in [1.807, 2.05) is 0 Å². The maximum atomic E-state index is 13.7. The SMILES string of the molecule is Fc1cc(F)c(F)c(NC2CCOC3(CCSC3)C2)c1F. The largest absolute Gasteiger partial charge is 0.377 e. The summed E-state index contributed by atoms with van der Waals surface area (Å²) in [6.45, 7) is 0.471. The van der Waals surface area contributed by atoms with Crippen LogP contribution in [0.1, 0.15) is 19.3 Å². The fourth-order valence-corrected chi connectivity index (χ4v) is 4.30. The average molecular weight is 321 g/mol. The molecule has 0 saturated carbocycles. The molecule has 2 unspecified atom stereocenters. The molecule has 2 aliphatic heterocycles. The average Bonchev–Trinajstić information content (AvgIpc) is 2.89. The van der Waals surface area contributed by atoms with Crippen LogP contribution in [0.3, 0.4) is 0 Å². The van der Waals surface area contributed by atoms with Crippen LogP contribution in [0.25, 0.3) is 0 Å². The van der Waals surface area contributed by atoms with Gasteiger partial charge in [0.2, 0.25) is 0 Å². The molecular formula is C14H15F4NOS. The van der Waals surface area contributed by atoms with Crippen molar-refractivity contribution in [3.05, 3.63) is 29.3 Å². The van der Waals surface area contributed by atoms with E-state index in [1.54, 1.807) is 11.8 Å². The maximum absolute atomic E-state index is 13.7. The summed E-state index contributed by atoms with van der Waals surface area (Å²) < 4.78 is 59.6. The minimum absolute atomic E-state index is 0.217. The van der Waals surface area contributed by atoms with E-state index in [9.17, 15) is 17.6 Å². The number of halogens is 4. The first-order chi connectivity index (χ1) is 10.0. The van der Waals surface area contributed by atoms with E-state index in [0.29, 0.717) is 19.4 Å². The molecule has 2 atom stereocenters. The first-order valence-corrected chi connectivity index (χ1v) is 7.97. The van der Waals surface area contributed by atoms with Crippen LogP contribution in [0.5, 0.6) is 0 Å². The Morgan fingerprint density at radius 2 is 1.90 bits per heavy atom. The minimum atomic E-state index is -1.39. The molecule has 1 spiro atoms. The number of benzene rings is 1. The number of thioether (sulfide) groups is 1. The van der Waals surface area contributed by atoms with Crippen molar-refractivity contribution in [1.82, 2.24) is 0 Å². The van der Waals surface area contributed by atoms with E-state index >= 15 is 0 Å². The van der Waals surface area contributed by atoms with E-state index in [4.69, 9.17) is 4.74 Å². The lowest BCUT2D eigenvalue weighted by atomic mass is 9.89. The topological polar surface area (TPSA) is 21.3 Å². The molecule has 1 aromatic carbocycles. The molecule has 2 saturated heterocycles. The van der Waals surface area contributed by atoms with Crippen LogP contribution in [-0.2, 0) is 4.74 Å². The number of hydrogen-bond donors (Lipinski definition) is 1. The van der Waals surface area contributed by atoms with Crippen molar-refractivity contribution in [1.29, 1.82) is 0 Å². The number of anilines is 1. The second kappa shape index (κ2) is 5.68. The van der Waals surface area contributed by atoms with E-state index in [1.165, 1.54) is 0 Å². The maximum Gasteiger partial charge on any atom is 0.185 e. The van der Waals surface area contributed by atoms with E-state index in [-0.39, 0.29) is 17.7 Å². The van der Waals surface area contributed by atoms with Crippen LogP contribution in [0.4, 0.5) is 23.2 Å². The fourth-order valence-electron chi connectivity index (χ4n) is 2.92. The summed E-state index contributed by atoms with van der Waals surface area (Å²) in [5, 5.41) is 2.63. The summed E-state index contributed by atoms with van der Waals surface area (Å²) in [7, 11) is 0. The van der Waals surface area contributed by atoms with Gasteiger partial charge in [0.05, 0.1) is 5.60 Å². The Bertz CT molecular complexity index is 522. The third-order valence-electron chi connectivity index (χ3n) is 4.02. The van der Waals surface area contributed by atoms with Crippen LogP contribution < -0.4 is 5.32 Å². The molecule has 0 bridgehead atoms. The molecular weight excluding hydrogens is 306 g/mol. The van der Waals surface area contributed by atoms with Crippen LogP contribution in [0, 0.1) is 23.3 Å². The van der Waals surface area contributed by atoms with E-state index in [0.717, 1.165) is 17.9 Å². The second-order valence-corrected chi connectivity index (χ2v) is 6.62. The zero-order chi connectivity index (χ0) is 15.0. The van der Waals surface area contributed by atoms with E-state index in [2.05, 4.69) is 5.32 Å². The van der Waals surface area contributed by atoms with Crippen LogP contribution in [0.2, 0.25) is 0 Å². The first kappa shape index (κ1) is 15.0. The highest BCUT2D eigenvalue weighted by molar-refractivity contribution is 7.99. The smallest absolute Gasteiger partial charge is 0.185 e. The van der Waals surface area contributed by atoms with Crippen LogP contribution in [-0.4, -0.2) is 29.8 Å². The molecule has 21 heavy (non-hydrogen) atoms. The molecule has 2 aliphatic rings. The van der Waals surface area contributed by atoms with Gasteiger partial charge >= 0.3 is 0 Å². The first-order valence-electron chi connectivity index (χ1n) is 6.82. The van der Waals surface area contributed by atoms with Gasteiger partial charge in [0, 0.05) is 24.5 Å². The minimum Gasteiger partial charge on any atom is -0.377 e. The molecule has 7 heteroatoms. The highest BCUT2D eigenvalue weighted by Crippen LogP contribution is 2.39. The molecule has 1 aromatic rings. The monoisotopic (exact) mass is 321 g/mol. The Kier molecular flexibility index (Phi) is 4.05. The van der Waals surface area contributed by atoms with Crippen molar-refractivity contribution in [3.63, 3.8) is 0 Å². The quantitative estimate of drug-likeness (QED) is 0.663. The number of ether oxygens (including phenoxy) is 1. The third kappa shape index (κ3) is 2.85. The Hall–Kier alpha value is -0.950. The number of nitrogens with one attached hydrogen (secondary N) is 1. The van der Waals surface area contributed by atoms with Gasteiger partial charge in [-0.25, -0.2) is 17.6 Å². The summed E-state index contributed by atoms with van der Waals surface area (Å²) in [4.78, 5) is 0. The standard InChI is InChI=1S/C14H15F4NOS/c15-9-5-10(16)12(18)13(11(9)17)19-8-1-3-20-14(6-8)2-4-21-7-14/h5,8,19H,1-4,6-7H2. The zero-order valence-electron chi connectivity index (χ0n) is 11.2. The van der Waals surface area contributed by atoms with Gasteiger partial charge < -0.3 is 10.1 Å².